The first-order chi connectivity index (χ1) is 9.95. The molecule has 2 aromatic carbocycles. The van der Waals surface area contributed by atoms with Crippen molar-refractivity contribution in [3.8, 4) is 0 Å². The number of ketones is 1. The van der Waals surface area contributed by atoms with Crippen molar-refractivity contribution in [2.24, 2.45) is 0 Å². The zero-order valence-corrected chi connectivity index (χ0v) is 13.5. The van der Waals surface area contributed by atoms with Crippen LogP contribution in [0.4, 0.5) is 8.78 Å². The molecular weight excluding hydrogens is 382 g/mol. The van der Waals surface area contributed by atoms with E-state index in [1.807, 2.05) is 0 Å². The van der Waals surface area contributed by atoms with E-state index < -0.39 is 11.6 Å². The molecule has 0 saturated heterocycles. The molecule has 6 heteroatoms. The van der Waals surface area contributed by atoms with Gasteiger partial charge in [0.1, 0.15) is 11.6 Å². The van der Waals surface area contributed by atoms with Gasteiger partial charge in [-0.2, -0.15) is 0 Å². The molecule has 0 aliphatic rings. The summed E-state index contributed by atoms with van der Waals surface area (Å²) in [4.78, 5) is 12.7. The average molecular weight is 388 g/mol. The Hall–Kier alpha value is -1.30. The Kier molecular flexibility index (Phi) is 3.82. The topological polar surface area (TPSA) is 17.1 Å². The summed E-state index contributed by atoms with van der Waals surface area (Å²) < 4.78 is 28.1. The highest BCUT2D eigenvalue weighted by atomic mass is 79.9. The molecular formula is C15H6BrClF2OS. The van der Waals surface area contributed by atoms with Crippen molar-refractivity contribution in [3.05, 3.63) is 68.0 Å². The minimum atomic E-state index is -0.653. The summed E-state index contributed by atoms with van der Waals surface area (Å²) in [6.07, 6.45) is 0. The molecule has 0 aliphatic carbocycles. The van der Waals surface area contributed by atoms with E-state index in [0.717, 1.165) is 22.8 Å². The maximum atomic E-state index is 13.9. The summed E-state index contributed by atoms with van der Waals surface area (Å²) in [5.74, 6) is -1.50. The van der Waals surface area contributed by atoms with Crippen LogP contribution in [-0.4, -0.2) is 5.78 Å². The second-order valence-electron chi connectivity index (χ2n) is 4.37. The van der Waals surface area contributed by atoms with E-state index in [4.69, 9.17) is 11.6 Å². The lowest BCUT2D eigenvalue weighted by molar-refractivity contribution is 0.103. The normalized spacial score (nSPS) is 11.0. The summed E-state index contributed by atoms with van der Waals surface area (Å²) in [7, 11) is 0. The van der Waals surface area contributed by atoms with Crippen LogP contribution in [0.3, 0.4) is 0 Å². The Balaban J connectivity index is 2.10. The summed E-state index contributed by atoms with van der Waals surface area (Å²) in [5, 5.41) is 1.00. The number of hydrogen-bond acceptors (Lipinski definition) is 2. The predicted molar refractivity (Wildman–Crippen MR) is 84.3 cm³/mol. The second-order valence-corrected chi connectivity index (χ2v) is 6.71. The Morgan fingerprint density at radius 3 is 2.67 bits per heavy atom. The van der Waals surface area contributed by atoms with Gasteiger partial charge in [-0.3, -0.25) is 4.79 Å². The Labute approximate surface area is 136 Å². The fourth-order valence-electron chi connectivity index (χ4n) is 1.95. The van der Waals surface area contributed by atoms with Crippen LogP contribution < -0.4 is 0 Å². The summed E-state index contributed by atoms with van der Waals surface area (Å²) in [5.41, 5.74) is -0.102. The van der Waals surface area contributed by atoms with Gasteiger partial charge in [0.2, 0.25) is 5.78 Å². The highest BCUT2D eigenvalue weighted by molar-refractivity contribution is 9.10. The standard InChI is InChI=1S/C15H6BrClF2OS/c16-10-6-12(19)9(5-11(10)17)15(20)14-3-7-1-2-8(18)4-13(7)21-14/h1-6H. The lowest BCUT2D eigenvalue weighted by atomic mass is 10.1. The number of benzene rings is 2. The fraction of sp³-hybridized carbons (Fsp3) is 0. The molecule has 1 aromatic heterocycles. The van der Waals surface area contributed by atoms with E-state index >= 15 is 0 Å². The molecule has 0 N–H and O–H groups in total. The third-order valence-electron chi connectivity index (χ3n) is 2.96. The molecule has 0 saturated carbocycles. The lowest BCUT2D eigenvalue weighted by Gasteiger charge is -2.03. The molecule has 3 aromatic rings. The first kappa shape index (κ1) is 14.6. The van der Waals surface area contributed by atoms with Crippen LogP contribution in [0.2, 0.25) is 5.02 Å². The van der Waals surface area contributed by atoms with Crippen LogP contribution in [-0.2, 0) is 0 Å². The van der Waals surface area contributed by atoms with Crippen molar-refractivity contribution >= 4 is 54.7 Å². The Morgan fingerprint density at radius 1 is 1.14 bits per heavy atom. The van der Waals surface area contributed by atoms with E-state index in [1.165, 1.54) is 18.2 Å². The maximum absolute atomic E-state index is 13.9. The molecule has 0 spiro atoms. The number of fused-ring (bicyclic) bond motifs is 1. The van der Waals surface area contributed by atoms with Gasteiger partial charge in [0.05, 0.1) is 15.5 Å². The van der Waals surface area contributed by atoms with Crippen LogP contribution in [0, 0.1) is 11.6 Å². The molecule has 0 unspecified atom stereocenters. The van der Waals surface area contributed by atoms with Crippen LogP contribution >= 0.6 is 38.9 Å². The van der Waals surface area contributed by atoms with Crippen LogP contribution in [0.25, 0.3) is 10.1 Å². The van der Waals surface area contributed by atoms with Crippen molar-refractivity contribution in [1.29, 1.82) is 0 Å². The van der Waals surface area contributed by atoms with Gasteiger partial charge in [-0.25, -0.2) is 8.78 Å². The van der Waals surface area contributed by atoms with Crippen molar-refractivity contribution in [1.82, 2.24) is 0 Å². The summed E-state index contributed by atoms with van der Waals surface area (Å²) in [6, 6.07) is 8.32. The van der Waals surface area contributed by atoms with E-state index in [2.05, 4.69) is 15.9 Å². The summed E-state index contributed by atoms with van der Waals surface area (Å²) >= 11 is 10.1. The van der Waals surface area contributed by atoms with E-state index in [-0.39, 0.29) is 16.4 Å². The first-order valence-corrected chi connectivity index (χ1v) is 7.83. The average Bonchev–Trinajstić information content (AvgIpc) is 2.85. The van der Waals surface area contributed by atoms with E-state index in [9.17, 15) is 13.6 Å². The van der Waals surface area contributed by atoms with Crippen molar-refractivity contribution < 1.29 is 13.6 Å². The predicted octanol–water partition coefficient (Wildman–Crippen LogP) is 5.83. The number of carbonyl (C=O) groups is 1. The molecule has 0 radical (unpaired) electrons. The first-order valence-electron chi connectivity index (χ1n) is 5.84. The van der Waals surface area contributed by atoms with Gasteiger partial charge in [0.25, 0.3) is 0 Å². The molecule has 106 valence electrons. The van der Waals surface area contributed by atoms with E-state index in [0.29, 0.717) is 14.0 Å². The van der Waals surface area contributed by atoms with Gasteiger partial charge >= 0.3 is 0 Å². The van der Waals surface area contributed by atoms with Gasteiger partial charge in [-0.05, 0) is 51.6 Å². The quantitative estimate of drug-likeness (QED) is 0.399. The third kappa shape index (κ3) is 2.73. The number of thiophene rings is 1. The Morgan fingerprint density at radius 2 is 1.90 bits per heavy atom. The monoisotopic (exact) mass is 386 g/mol. The molecule has 0 atom stereocenters. The smallest absolute Gasteiger partial charge is 0.205 e. The Bertz CT molecular complexity index is 875. The number of carbonyl (C=O) groups excluding carboxylic acids is 1. The number of halogens is 4. The van der Waals surface area contributed by atoms with Crippen LogP contribution in [0.5, 0.6) is 0 Å². The van der Waals surface area contributed by atoms with Gasteiger partial charge in [-0.15, -0.1) is 11.3 Å². The third-order valence-corrected chi connectivity index (χ3v) is 5.25. The molecule has 0 bridgehead atoms. The molecule has 21 heavy (non-hydrogen) atoms. The minimum Gasteiger partial charge on any atom is -0.288 e. The number of rotatable bonds is 2. The number of hydrogen-bond donors (Lipinski definition) is 0. The zero-order chi connectivity index (χ0) is 15.1. The van der Waals surface area contributed by atoms with Gasteiger partial charge in [0.15, 0.2) is 0 Å². The molecule has 0 fully saturated rings. The van der Waals surface area contributed by atoms with Gasteiger partial charge in [-0.1, -0.05) is 17.7 Å². The second kappa shape index (κ2) is 5.48. The van der Waals surface area contributed by atoms with Crippen molar-refractivity contribution in [3.63, 3.8) is 0 Å². The summed E-state index contributed by atoms with van der Waals surface area (Å²) in [6.45, 7) is 0. The molecule has 3 rings (SSSR count). The van der Waals surface area contributed by atoms with E-state index in [1.54, 1.807) is 12.1 Å². The minimum absolute atomic E-state index is 0.102. The van der Waals surface area contributed by atoms with Gasteiger partial charge < -0.3 is 0 Å². The maximum Gasteiger partial charge on any atom is 0.205 e. The molecule has 1 nitrogen and oxygen atoms in total. The highest BCUT2D eigenvalue weighted by Gasteiger charge is 2.18. The van der Waals surface area contributed by atoms with Crippen molar-refractivity contribution in [2.75, 3.05) is 0 Å². The molecule has 0 amide bonds. The van der Waals surface area contributed by atoms with Crippen molar-refractivity contribution in [2.45, 2.75) is 0 Å². The van der Waals surface area contributed by atoms with Crippen LogP contribution in [0.15, 0.2) is 40.9 Å². The van der Waals surface area contributed by atoms with Gasteiger partial charge in [0, 0.05) is 9.17 Å². The molecule has 1 heterocycles. The van der Waals surface area contributed by atoms with Crippen LogP contribution in [0.1, 0.15) is 15.2 Å². The lowest BCUT2D eigenvalue weighted by Crippen LogP contribution is -2.02. The zero-order valence-electron chi connectivity index (χ0n) is 10.3. The molecule has 0 aliphatic heterocycles. The SMILES string of the molecule is O=C(c1cc2ccc(F)cc2s1)c1cc(Cl)c(Br)cc1F. The fourth-order valence-corrected chi connectivity index (χ4v) is 3.47. The largest absolute Gasteiger partial charge is 0.288 e. The highest BCUT2D eigenvalue weighted by Crippen LogP contribution is 2.31.